The van der Waals surface area contributed by atoms with Gasteiger partial charge < -0.3 is 0 Å². The number of nitrogens with zero attached hydrogens (tertiary/aromatic N) is 3. The third kappa shape index (κ3) is 2.91. The van der Waals surface area contributed by atoms with Gasteiger partial charge >= 0.3 is 219 Å². The number of carbonyl (C=O) groups is 3. The van der Waals surface area contributed by atoms with Crippen molar-refractivity contribution in [1.29, 1.82) is 0 Å². The summed E-state index contributed by atoms with van der Waals surface area (Å²) in [5, 5.41) is 5.73. The third-order valence-electron chi connectivity index (χ3n) is 7.96. The third-order valence-corrected chi connectivity index (χ3v) is 17.6. The van der Waals surface area contributed by atoms with E-state index in [-0.39, 0.29) is 20.1 Å². The van der Waals surface area contributed by atoms with E-state index in [1.54, 1.807) is 6.08 Å². The molecule has 0 radical (unpaired) electrons. The minimum atomic E-state index is -2.03. The second kappa shape index (κ2) is 7.52. The number of rotatable bonds is 1. The van der Waals surface area contributed by atoms with Crippen LogP contribution in [0.3, 0.4) is 0 Å². The molecule has 4 amide bonds. The molecule has 0 aliphatic carbocycles. The Labute approximate surface area is 218 Å². The molecule has 3 aliphatic rings. The number of imide groups is 2. The van der Waals surface area contributed by atoms with Crippen LogP contribution in [-0.4, -0.2) is 72.4 Å². The summed E-state index contributed by atoms with van der Waals surface area (Å²) < 4.78 is 2.31. The number of likely N-dealkylation sites (N-methyl/N-ethyl adjacent to an activating group) is 2. The van der Waals surface area contributed by atoms with Gasteiger partial charge in [0.1, 0.15) is 0 Å². The Balaban J connectivity index is 1.59. The van der Waals surface area contributed by atoms with Crippen molar-refractivity contribution in [2.75, 3.05) is 19.0 Å². The molecule has 0 atom stereocenters. The standard InChI is InChI=1S/C27H27N3O3SeSi2/c1-28-24(31)17(25(32)29(2)27(28)33)14-16-15-22-26(34-16)30-18-10-7-8-11-19(18)35(3,4)20-12-9-13-21(23(20)30)36(22,5)6/h7-15H,1-6H3. The van der Waals surface area contributed by atoms with E-state index in [0.29, 0.717) is 0 Å². The number of anilines is 3. The van der Waals surface area contributed by atoms with Gasteiger partial charge in [0.05, 0.1) is 0 Å². The molecule has 4 heterocycles. The normalized spacial score (nSPS) is 19.2. The molecule has 1 aromatic heterocycles. The maximum atomic E-state index is 12.9. The summed E-state index contributed by atoms with van der Waals surface area (Å²) in [5.74, 6) is -1.08. The number of hydrogen-bond donors (Lipinski definition) is 0. The number of benzene rings is 2. The monoisotopic (exact) mass is 577 g/mol. The van der Waals surface area contributed by atoms with E-state index in [0.717, 1.165) is 14.2 Å². The summed E-state index contributed by atoms with van der Waals surface area (Å²) in [6.45, 7) is 9.70. The van der Waals surface area contributed by atoms with Crippen molar-refractivity contribution in [2.24, 2.45) is 0 Å². The Bertz CT molecular complexity index is 1530. The molecule has 36 heavy (non-hydrogen) atoms. The van der Waals surface area contributed by atoms with Gasteiger partial charge in [0.15, 0.2) is 0 Å². The van der Waals surface area contributed by atoms with Crippen LogP contribution in [0, 0.1) is 0 Å². The number of urea groups is 1. The molecular formula is C27H27N3O3SeSi2. The van der Waals surface area contributed by atoms with Crippen LogP contribution in [0.4, 0.5) is 20.7 Å². The molecule has 1 saturated heterocycles. The summed E-state index contributed by atoms with van der Waals surface area (Å²) in [5.41, 5.74) is 2.70. The van der Waals surface area contributed by atoms with Crippen molar-refractivity contribution in [3.8, 4) is 0 Å². The van der Waals surface area contributed by atoms with Gasteiger partial charge in [0, 0.05) is 0 Å². The average Bonchev–Trinajstić information content (AvgIpc) is 3.29. The quantitative estimate of drug-likeness (QED) is 0.253. The van der Waals surface area contributed by atoms with Crippen LogP contribution < -0.4 is 25.6 Å². The number of para-hydroxylation sites is 2. The van der Waals surface area contributed by atoms with Crippen LogP contribution in [-0.2, 0) is 9.59 Å². The van der Waals surface area contributed by atoms with Gasteiger partial charge in [-0.15, -0.1) is 0 Å². The first-order valence-corrected chi connectivity index (χ1v) is 19.7. The summed E-state index contributed by atoms with van der Waals surface area (Å²) in [6.07, 6.45) is 1.73. The molecule has 0 bridgehead atoms. The van der Waals surface area contributed by atoms with Crippen LogP contribution in [0.15, 0.2) is 54.1 Å². The fourth-order valence-corrected chi connectivity index (χ4v) is 16.0. The molecule has 182 valence electrons. The van der Waals surface area contributed by atoms with Crippen molar-refractivity contribution < 1.29 is 14.4 Å². The zero-order chi connectivity index (χ0) is 25.7. The Morgan fingerprint density at radius 2 is 1.31 bits per heavy atom. The Morgan fingerprint density at radius 1 is 0.750 bits per heavy atom. The van der Waals surface area contributed by atoms with Crippen molar-refractivity contribution in [1.82, 2.24) is 9.80 Å². The van der Waals surface area contributed by atoms with Gasteiger partial charge in [0.25, 0.3) is 0 Å². The second-order valence-electron chi connectivity index (χ2n) is 10.7. The zero-order valence-electron chi connectivity index (χ0n) is 21.2. The van der Waals surface area contributed by atoms with Crippen LogP contribution in [0.5, 0.6) is 0 Å². The summed E-state index contributed by atoms with van der Waals surface area (Å²) in [4.78, 5) is 42.4. The zero-order valence-corrected chi connectivity index (χ0v) is 24.9. The van der Waals surface area contributed by atoms with E-state index < -0.39 is 34.0 Å². The maximum absolute atomic E-state index is 12.9. The van der Waals surface area contributed by atoms with Crippen LogP contribution in [0.25, 0.3) is 6.08 Å². The Kier molecular flexibility index (Phi) is 4.89. The fourth-order valence-electron chi connectivity index (χ4n) is 5.81. The topological polar surface area (TPSA) is 60.9 Å². The molecule has 0 unspecified atom stereocenters. The predicted molar refractivity (Wildman–Crippen MR) is 150 cm³/mol. The van der Waals surface area contributed by atoms with Crippen LogP contribution >= 0.6 is 0 Å². The van der Waals surface area contributed by atoms with Gasteiger partial charge in [-0.2, -0.15) is 0 Å². The number of carbonyl (C=O) groups excluding carboxylic acids is 3. The molecule has 3 aliphatic heterocycles. The van der Waals surface area contributed by atoms with Crippen LogP contribution in [0.1, 0.15) is 4.44 Å². The molecular weight excluding hydrogens is 549 g/mol. The molecule has 2 aromatic carbocycles. The summed E-state index contributed by atoms with van der Waals surface area (Å²) >= 11 is -0.0906. The number of barbiturate groups is 1. The molecule has 3 aromatic rings. The molecule has 9 heteroatoms. The molecule has 0 saturated carbocycles. The van der Waals surface area contributed by atoms with E-state index >= 15 is 0 Å². The summed E-state index contributed by atoms with van der Waals surface area (Å²) in [7, 11) is -1.08. The second-order valence-corrected chi connectivity index (χ2v) is 21.6. The first-order chi connectivity index (χ1) is 17.0. The molecule has 6 nitrogen and oxygen atoms in total. The van der Waals surface area contributed by atoms with E-state index in [1.807, 2.05) is 0 Å². The molecule has 0 N–H and O–H groups in total. The fraction of sp³-hybridized carbons (Fsp3) is 0.222. The average molecular weight is 577 g/mol. The Morgan fingerprint density at radius 3 is 1.94 bits per heavy atom. The van der Waals surface area contributed by atoms with Crippen molar-refractivity contribution in [3.05, 3.63) is 58.5 Å². The first kappa shape index (κ1) is 23.4. The van der Waals surface area contributed by atoms with E-state index in [4.69, 9.17) is 0 Å². The minimum absolute atomic E-state index is 0.0535. The van der Waals surface area contributed by atoms with Crippen molar-refractivity contribution in [3.63, 3.8) is 0 Å². The van der Waals surface area contributed by atoms with E-state index in [2.05, 4.69) is 79.6 Å². The van der Waals surface area contributed by atoms with Gasteiger partial charge in [-0.1, -0.05) is 0 Å². The van der Waals surface area contributed by atoms with Crippen molar-refractivity contribution >= 4 is 91.3 Å². The van der Waals surface area contributed by atoms with Gasteiger partial charge in [-0.05, 0) is 0 Å². The van der Waals surface area contributed by atoms with E-state index in [1.165, 1.54) is 50.8 Å². The van der Waals surface area contributed by atoms with Gasteiger partial charge in [0.2, 0.25) is 0 Å². The predicted octanol–water partition coefficient (Wildman–Crippen LogP) is 1.92. The number of amides is 4. The van der Waals surface area contributed by atoms with E-state index in [9.17, 15) is 14.4 Å². The number of hydrogen-bond acceptors (Lipinski definition) is 4. The SMILES string of the molecule is CN1C(=O)C(=Cc2cc3c([se]2)N2c4ccccc4[Si](C)(C)c4cccc(c42)[Si]3(C)C)C(=O)N(C)C1=O. The first-order valence-electron chi connectivity index (χ1n) is 12.0. The molecule has 1 fully saturated rings. The molecule has 6 rings (SSSR count). The number of fused-ring (bicyclic) bond motifs is 4. The van der Waals surface area contributed by atoms with Crippen LogP contribution in [0.2, 0.25) is 26.2 Å². The van der Waals surface area contributed by atoms with Crippen molar-refractivity contribution in [2.45, 2.75) is 26.2 Å². The van der Waals surface area contributed by atoms with Gasteiger partial charge in [-0.25, -0.2) is 0 Å². The summed E-state index contributed by atoms with van der Waals surface area (Å²) in [6, 6.07) is 17.3. The van der Waals surface area contributed by atoms with Gasteiger partial charge in [-0.3, -0.25) is 0 Å². The molecule has 0 spiro atoms. The Hall–Kier alpha value is -2.98.